The summed E-state index contributed by atoms with van der Waals surface area (Å²) in [6.45, 7) is 3.20. The van der Waals surface area contributed by atoms with Crippen molar-refractivity contribution in [3.8, 4) is 11.1 Å². The van der Waals surface area contributed by atoms with E-state index in [0.717, 1.165) is 6.42 Å². The summed E-state index contributed by atoms with van der Waals surface area (Å²) in [5, 5.41) is 6.27. The van der Waals surface area contributed by atoms with Crippen molar-refractivity contribution in [1.29, 1.82) is 0 Å². The molecule has 1 aromatic carbocycles. The van der Waals surface area contributed by atoms with Gasteiger partial charge < -0.3 is 20.1 Å². The van der Waals surface area contributed by atoms with Crippen LogP contribution in [0.4, 0.5) is 21.8 Å². The molecule has 0 atom stereocenters. The van der Waals surface area contributed by atoms with Crippen molar-refractivity contribution in [2.45, 2.75) is 13.3 Å². The molecule has 0 spiro atoms. The monoisotopic (exact) mass is 459 g/mol. The molecule has 3 aromatic rings. The lowest BCUT2D eigenvalue weighted by Gasteiger charge is -2.14. The molecule has 8 nitrogen and oxygen atoms in total. The van der Waals surface area contributed by atoms with E-state index in [1.807, 2.05) is 0 Å². The maximum absolute atomic E-state index is 13.4. The number of methoxy groups -OCH3 is 1. The molecule has 10 heteroatoms. The molecule has 0 bridgehead atoms. The zero-order chi connectivity index (χ0) is 22.9. The molecule has 168 valence electrons. The van der Waals surface area contributed by atoms with Crippen LogP contribution in [0.15, 0.2) is 42.9 Å². The number of hydrogen-bond acceptors (Lipinski definition) is 8. The van der Waals surface area contributed by atoms with E-state index in [2.05, 4.69) is 25.6 Å². The Morgan fingerprint density at radius 2 is 2.06 bits per heavy atom. The Hall–Kier alpha value is -3.30. The third kappa shape index (κ3) is 6.12. The Morgan fingerprint density at radius 1 is 1.22 bits per heavy atom. The summed E-state index contributed by atoms with van der Waals surface area (Å²) in [6.07, 6.45) is 5.44. The van der Waals surface area contributed by atoms with Crippen LogP contribution in [0.2, 0.25) is 5.02 Å². The number of nitrogens with zero attached hydrogens (tertiary/aromatic N) is 3. The van der Waals surface area contributed by atoms with Gasteiger partial charge in [0.25, 0.3) is 0 Å². The maximum atomic E-state index is 13.4. The van der Waals surface area contributed by atoms with Gasteiger partial charge in [0.15, 0.2) is 0 Å². The van der Waals surface area contributed by atoms with Crippen LogP contribution in [0.25, 0.3) is 11.1 Å². The first-order valence-electron chi connectivity index (χ1n) is 9.96. The minimum absolute atomic E-state index is 0.00797. The number of rotatable bonds is 10. The van der Waals surface area contributed by atoms with Crippen LogP contribution in [0.3, 0.4) is 0 Å². The number of halogens is 2. The van der Waals surface area contributed by atoms with Crippen LogP contribution in [0.5, 0.6) is 0 Å². The second-order valence-corrected chi connectivity index (χ2v) is 7.07. The highest BCUT2D eigenvalue weighted by molar-refractivity contribution is 6.31. The van der Waals surface area contributed by atoms with Gasteiger partial charge in [-0.05, 0) is 37.6 Å². The summed E-state index contributed by atoms with van der Waals surface area (Å²) in [6, 6.07) is 5.93. The summed E-state index contributed by atoms with van der Waals surface area (Å²) in [5.74, 6) is -0.137. The predicted molar refractivity (Wildman–Crippen MR) is 121 cm³/mol. The maximum Gasteiger partial charge on any atom is 0.339 e. The minimum Gasteiger partial charge on any atom is -0.462 e. The lowest BCUT2D eigenvalue weighted by molar-refractivity contribution is 0.0526. The summed E-state index contributed by atoms with van der Waals surface area (Å²) < 4.78 is 23.6. The Morgan fingerprint density at radius 3 is 2.81 bits per heavy atom. The molecule has 2 heterocycles. The topological polar surface area (TPSA) is 98.3 Å². The lowest BCUT2D eigenvalue weighted by atomic mass is 10.1. The zero-order valence-corrected chi connectivity index (χ0v) is 18.4. The molecule has 2 aromatic heterocycles. The second kappa shape index (κ2) is 11.4. The number of benzene rings is 1. The highest BCUT2D eigenvalue weighted by atomic mass is 35.5. The normalized spacial score (nSPS) is 10.6. The molecule has 2 N–H and O–H groups in total. The van der Waals surface area contributed by atoms with Gasteiger partial charge in [0, 0.05) is 55.7 Å². The van der Waals surface area contributed by atoms with Crippen LogP contribution in [-0.2, 0) is 9.47 Å². The fourth-order valence-electron chi connectivity index (χ4n) is 2.83. The largest absolute Gasteiger partial charge is 0.462 e. The first-order valence-corrected chi connectivity index (χ1v) is 10.3. The van der Waals surface area contributed by atoms with E-state index >= 15 is 0 Å². The van der Waals surface area contributed by atoms with Gasteiger partial charge >= 0.3 is 5.97 Å². The number of carbonyl (C=O) groups excluding carboxylic acids is 1. The average Bonchev–Trinajstić information content (AvgIpc) is 2.80. The van der Waals surface area contributed by atoms with Crippen molar-refractivity contribution in [2.24, 2.45) is 0 Å². The molecule has 0 aliphatic heterocycles. The summed E-state index contributed by atoms with van der Waals surface area (Å²) in [4.78, 5) is 25.1. The van der Waals surface area contributed by atoms with Gasteiger partial charge in [-0.2, -0.15) is 4.98 Å². The highest BCUT2D eigenvalue weighted by Crippen LogP contribution is 2.28. The number of nitrogens with one attached hydrogen (secondary N) is 2. The third-order valence-electron chi connectivity index (χ3n) is 4.34. The van der Waals surface area contributed by atoms with Gasteiger partial charge in [-0.3, -0.25) is 4.98 Å². The van der Waals surface area contributed by atoms with E-state index in [0.29, 0.717) is 47.3 Å². The first kappa shape index (κ1) is 23.4. The van der Waals surface area contributed by atoms with E-state index in [4.69, 9.17) is 21.1 Å². The van der Waals surface area contributed by atoms with Crippen LogP contribution in [0, 0.1) is 5.82 Å². The van der Waals surface area contributed by atoms with Gasteiger partial charge in [-0.1, -0.05) is 11.6 Å². The molecule has 0 unspecified atom stereocenters. The highest BCUT2D eigenvalue weighted by Gasteiger charge is 2.14. The number of aromatic nitrogens is 3. The van der Waals surface area contributed by atoms with Gasteiger partial charge in [0.1, 0.15) is 11.6 Å². The fraction of sp³-hybridized carbons (Fsp3) is 0.273. The summed E-state index contributed by atoms with van der Waals surface area (Å²) in [5.41, 5.74) is 2.18. The van der Waals surface area contributed by atoms with Crippen molar-refractivity contribution in [3.63, 3.8) is 0 Å². The smallest absolute Gasteiger partial charge is 0.339 e. The Bertz CT molecular complexity index is 1080. The molecule has 0 saturated heterocycles. The molecule has 3 rings (SSSR count). The third-order valence-corrected chi connectivity index (χ3v) is 4.63. The van der Waals surface area contributed by atoms with E-state index in [1.54, 1.807) is 32.5 Å². The van der Waals surface area contributed by atoms with Crippen LogP contribution in [0.1, 0.15) is 23.7 Å². The molecular formula is C22H23ClFN5O3. The minimum atomic E-state index is -0.511. The summed E-state index contributed by atoms with van der Waals surface area (Å²) >= 11 is 5.85. The number of hydrogen-bond donors (Lipinski definition) is 2. The van der Waals surface area contributed by atoms with Gasteiger partial charge in [0.2, 0.25) is 5.95 Å². The predicted octanol–water partition coefficient (Wildman–Crippen LogP) is 4.70. The molecule has 32 heavy (non-hydrogen) atoms. The zero-order valence-electron chi connectivity index (χ0n) is 17.7. The van der Waals surface area contributed by atoms with Gasteiger partial charge in [-0.25, -0.2) is 14.2 Å². The van der Waals surface area contributed by atoms with E-state index in [1.165, 1.54) is 24.4 Å². The second-order valence-electron chi connectivity index (χ2n) is 6.67. The number of pyridine rings is 1. The Labute approximate surface area is 190 Å². The van der Waals surface area contributed by atoms with Crippen molar-refractivity contribution >= 4 is 35.0 Å². The van der Waals surface area contributed by atoms with Crippen molar-refractivity contribution in [1.82, 2.24) is 15.0 Å². The molecular weight excluding hydrogens is 437 g/mol. The molecule has 0 amide bonds. The molecule has 0 fully saturated rings. The van der Waals surface area contributed by atoms with E-state index in [9.17, 15) is 9.18 Å². The molecule has 0 radical (unpaired) electrons. The molecule has 0 saturated carbocycles. The number of anilines is 3. The fourth-order valence-corrected chi connectivity index (χ4v) is 3.01. The average molecular weight is 460 g/mol. The first-order chi connectivity index (χ1) is 15.5. The standard InChI is InChI=1S/C22H23ClFN5O3/c1-3-32-21(30)15-9-14(11-25-12-15)17-13-27-22(29-20(17)26-7-4-8-31-2)28-16-5-6-19(24)18(23)10-16/h5-6,9-13H,3-4,7-8H2,1-2H3,(H2,26,27,28,29). The number of carbonyl (C=O) groups is 1. The number of esters is 1. The van der Waals surface area contributed by atoms with Crippen molar-refractivity contribution < 1.29 is 18.7 Å². The van der Waals surface area contributed by atoms with E-state index in [-0.39, 0.29) is 11.6 Å². The Kier molecular flexibility index (Phi) is 8.29. The quantitative estimate of drug-likeness (QED) is 0.332. The number of ether oxygens (including phenoxy) is 2. The SMILES string of the molecule is CCOC(=O)c1cncc(-c2cnc(Nc3ccc(F)c(Cl)c3)nc2NCCCOC)c1. The molecule has 0 aliphatic rings. The van der Waals surface area contributed by atoms with Gasteiger partial charge in [0.05, 0.1) is 17.2 Å². The van der Waals surface area contributed by atoms with Crippen LogP contribution >= 0.6 is 11.6 Å². The van der Waals surface area contributed by atoms with Crippen molar-refractivity contribution in [2.75, 3.05) is 37.5 Å². The lowest BCUT2D eigenvalue weighted by Crippen LogP contribution is -2.10. The molecule has 0 aliphatic carbocycles. The van der Waals surface area contributed by atoms with E-state index < -0.39 is 11.8 Å². The van der Waals surface area contributed by atoms with Crippen molar-refractivity contribution in [3.05, 3.63) is 59.3 Å². The van der Waals surface area contributed by atoms with Crippen LogP contribution in [-0.4, -0.2) is 47.8 Å². The van der Waals surface area contributed by atoms with Gasteiger partial charge in [-0.15, -0.1) is 0 Å². The van der Waals surface area contributed by atoms with Crippen LogP contribution < -0.4 is 10.6 Å². The Balaban J connectivity index is 1.91. The summed E-state index contributed by atoms with van der Waals surface area (Å²) in [7, 11) is 1.64.